The van der Waals surface area contributed by atoms with Crippen LogP contribution >= 0.6 is 0 Å². The van der Waals surface area contributed by atoms with Gasteiger partial charge < -0.3 is 9.64 Å². The van der Waals surface area contributed by atoms with Gasteiger partial charge in [-0.1, -0.05) is 0 Å². The summed E-state index contributed by atoms with van der Waals surface area (Å²) in [4.78, 5) is 30.3. The summed E-state index contributed by atoms with van der Waals surface area (Å²) in [7, 11) is 0. The van der Waals surface area contributed by atoms with E-state index in [2.05, 4.69) is 4.98 Å². The Morgan fingerprint density at radius 3 is 2.75 bits per heavy atom. The number of piperidine rings is 1. The number of likely N-dealkylation sites (tertiary alicyclic amines) is 1. The second-order valence-corrected chi connectivity index (χ2v) is 7.75. The molecule has 2 heterocycles. The van der Waals surface area contributed by atoms with Gasteiger partial charge in [0, 0.05) is 13.0 Å². The number of nitriles is 1. The molecular weight excluding hydrogens is 370 g/mol. The molecule has 1 aliphatic heterocycles. The van der Waals surface area contributed by atoms with Gasteiger partial charge in [0.05, 0.1) is 35.4 Å². The molecule has 9 heteroatoms. The summed E-state index contributed by atoms with van der Waals surface area (Å²) in [5.41, 5.74) is -0.836. The van der Waals surface area contributed by atoms with Crippen LogP contribution in [0.1, 0.15) is 38.8 Å². The van der Waals surface area contributed by atoms with Gasteiger partial charge in [-0.05, 0) is 39.0 Å². The third-order valence-corrected chi connectivity index (χ3v) is 4.50. The van der Waals surface area contributed by atoms with Gasteiger partial charge >= 0.3 is 6.09 Å². The van der Waals surface area contributed by atoms with Crippen LogP contribution in [0.2, 0.25) is 0 Å². The monoisotopic (exact) mass is 390 g/mol. The van der Waals surface area contributed by atoms with Crippen LogP contribution < -0.4 is 5.56 Å². The molecule has 0 radical (unpaired) electrons. The van der Waals surface area contributed by atoms with Crippen molar-refractivity contribution in [1.82, 2.24) is 14.5 Å². The van der Waals surface area contributed by atoms with Crippen molar-refractivity contribution >= 4 is 17.0 Å². The topological polar surface area (TPSA) is 88.2 Å². The molecule has 1 aliphatic rings. The second kappa shape index (κ2) is 6.86. The molecular formula is C19H20F2N4O3. The Hall–Kier alpha value is -3.02. The van der Waals surface area contributed by atoms with Crippen LogP contribution in [0.5, 0.6) is 0 Å². The van der Waals surface area contributed by atoms with Crippen molar-refractivity contribution in [2.24, 2.45) is 0 Å². The number of halogens is 2. The van der Waals surface area contributed by atoms with Crippen LogP contribution in [-0.4, -0.2) is 45.2 Å². The summed E-state index contributed by atoms with van der Waals surface area (Å²) >= 11 is 0. The first-order valence-corrected chi connectivity index (χ1v) is 8.78. The van der Waals surface area contributed by atoms with E-state index < -0.39 is 35.6 Å². The molecule has 0 saturated carbocycles. The number of carbonyl (C=O) groups is 1. The smallest absolute Gasteiger partial charge is 0.410 e. The largest absolute Gasteiger partial charge is 0.444 e. The van der Waals surface area contributed by atoms with Crippen LogP contribution in [0.4, 0.5) is 13.6 Å². The Balaban J connectivity index is 1.98. The minimum atomic E-state index is -3.19. The summed E-state index contributed by atoms with van der Waals surface area (Å²) in [5.74, 6) is -3.19. The molecule has 7 nitrogen and oxygen atoms in total. The number of carbonyl (C=O) groups excluding carboxylic acids is 1. The van der Waals surface area contributed by atoms with Crippen molar-refractivity contribution in [1.29, 1.82) is 5.26 Å². The summed E-state index contributed by atoms with van der Waals surface area (Å²) in [6, 6.07) is 4.63. The fraction of sp³-hybridized carbons (Fsp3) is 0.474. The van der Waals surface area contributed by atoms with Crippen molar-refractivity contribution in [3.05, 3.63) is 40.4 Å². The lowest BCUT2D eigenvalue weighted by Gasteiger charge is -2.39. The molecule has 3 rings (SSSR count). The lowest BCUT2D eigenvalue weighted by molar-refractivity contribution is -0.0988. The maximum atomic E-state index is 14.6. The Morgan fingerprint density at radius 2 is 2.11 bits per heavy atom. The first-order valence-electron chi connectivity index (χ1n) is 8.78. The minimum Gasteiger partial charge on any atom is -0.444 e. The average molecular weight is 390 g/mol. The number of fused-ring (bicyclic) bond motifs is 1. The third-order valence-electron chi connectivity index (χ3n) is 4.50. The number of nitrogens with zero attached hydrogens (tertiary/aromatic N) is 4. The van der Waals surface area contributed by atoms with Gasteiger partial charge in [0.1, 0.15) is 11.6 Å². The van der Waals surface area contributed by atoms with Gasteiger partial charge in [0.25, 0.3) is 11.5 Å². The fourth-order valence-corrected chi connectivity index (χ4v) is 3.09. The van der Waals surface area contributed by atoms with Crippen LogP contribution in [0.15, 0.2) is 29.3 Å². The predicted octanol–water partition coefficient (Wildman–Crippen LogP) is 3.09. The predicted molar refractivity (Wildman–Crippen MR) is 97.1 cm³/mol. The van der Waals surface area contributed by atoms with Gasteiger partial charge in [-0.3, -0.25) is 9.36 Å². The van der Waals surface area contributed by atoms with Crippen molar-refractivity contribution in [3.63, 3.8) is 0 Å². The molecule has 148 valence electrons. The highest BCUT2D eigenvalue weighted by molar-refractivity contribution is 5.78. The number of rotatable bonds is 1. The first-order chi connectivity index (χ1) is 13.0. The molecule has 1 aromatic carbocycles. The fourth-order valence-electron chi connectivity index (χ4n) is 3.09. The van der Waals surface area contributed by atoms with Crippen LogP contribution in [0, 0.1) is 11.3 Å². The van der Waals surface area contributed by atoms with E-state index in [4.69, 9.17) is 10.00 Å². The SMILES string of the molecule is CC(C)(C)OC(=O)N1CCC(F)(F)C(n2cnc3cc(C#N)ccc3c2=O)C1. The summed E-state index contributed by atoms with van der Waals surface area (Å²) in [6.07, 6.45) is -0.244. The Bertz CT molecular complexity index is 1020. The zero-order valence-corrected chi connectivity index (χ0v) is 15.8. The van der Waals surface area contributed by atoms with E-state index in [1.807, 2.05) is 6.07 Å². The van der Waals surface area contributed by atoms with Crippen molar-refractivity contribution in [2.45, 2.75) is 44.8 Å². The molecule has 28 heavy (non-hydrogen) atoms. The second-order valence-electron chi connectivity index (χ2n) is 7.75. The Labute approximate surface area is 160 Å². The van der Waals surface area contributed by atoms with E-state index >= 15 is 0 Å². The third kappa shape index (κ3) is 3.81. The maximum Gasteiger partial charge on any atom is 0.410 e. The molecule has 0 bridgehead atoms. The number of ether oxygens (including phenoxy) is 1. The highest BCUT2D eigenvalue weighted by Gasteiger charge is 2.47. The van der Waals surface area contributed by atoms with E-state index in [1.54, 1.807) is 20.8 Å². The van der Waals surface area contributed by atoms with Gasteiger partial charge in [-0.15, -0.1) is 0 Å². The van der Waals surface area contributed by atoms with Gasteiger partial charge in [-0.25, -0.2) is 18.6 Å². The number of hydrogen-bond donors (Lipinski definition) is 0. The van der Waals surface area contributed by atoms with Gasteiger partial charge in [-0.2, -0.15) is 5.26 Å². The average Bonchev–Trinajstić information content (AvgIpc) is 2.60. The molecule has 1 atom stereocenters. The van der Waals surface area contributed by atoms with Crippen LogP contribution in [0.3, 0.4) is 0 Å². The number of aromatic nitrogens is 2. The molecule has 0 N–H and O–H groups in total. The Morgan fingerprint density at radius 1 is 1.39 bits per heavy atom. The lowest BCUT2D eigenvalue weighted by Crippen LogP contribution is -2.52. The number of alkyl halides is 2. The molecule has 2 aromatic rings. The highest BCUT2D eigenvalue weighted by atomic mass is 19.3. The minimum absolute atomic E-state index is 0.131. The number of hydrogen-bond acceptors (Lipinski definition) is 5. The summed E-state index contributed by atoms with van der Waals surface area (Å²) in [5, 5.41) is 9.08. The van der Waals surface area contributed by atoms with Crippen molar-refractivity contribution in [2.75, 3.05) is 13.1 Å². The molecule has 1 unspecified atom stereocenters. The zero-order chi connectivity index (χ0) is 20.7. The van der Waals surface area contributed by atoms with Crippen molar-refractivity contribution < 1.29 is 18.3 Å². The molecule has 1 fully saturated rings. The van der Waals surface area contributed by atoms with E-state index in [9.17, 15) is 18.4 Å². The van der Waals surface area contributed by atoms with E-state index in [1.165, 1.54) is 23.1 Å². The normalized spacial score (nSPS) is 19.3. The van der Waals surface area contributed by atoms with E-state index in [-0.39, 0.29) is 24.0 Å². The molecule has 0 aliphatic carbocycles. The quantitative estimate of drug-likeness (QED) is 0.747. The molecule has 1 amide bonds. The molecule has 1 saturated heterocycles. The van der Waals surface area contributed by atoms with Crippen LogP contribution in [0.25, 0.3) is 10.9 Å². The molecule has 1 aromatic heterocycles. The molecule has 0 spiro atoms. The highest BCUT2D eigenvalue weighted by Crippen LogP contribution is 2.36. The maximum absolute atomic E-state index is 14.6. The lowest BCUT2D eigenvalue weighted by atomic mass is 10.0. The van der Waals surface area contributed by atoms with Gasteiger partial charge in [0.15, 0.2) is 0 Å². The Kier molecular flexibility index (Phi) is 4.83. The van der Waals surface area contributed by atoms with Gasteiger partial charge in [0.2, 0.25) is 0 Å². The first kappa shape index (κ1) is 19.7. The van der Waals surface area contributed by atoms with Crippen molar-refractivity contribution in [3.8, 4) is 6.07 Å². The summed E-state index contributed by atoms with van der Waals surface area (Å²) < 4.78 is 35.4. The standard InChI is InChI=1S/C19H20F2N4O3/c1-18(2,3)28-17(27)24-7-6-19(20,21)15(10-24)25-11-23-14-8-12(9-22)4-5-13(14)16(25)26/h4-5,8,11,15H,6-7,10H2,1-3H3. The van der Waals surface area contributed by atoms with E-state index in [0.717, 1.165) is 10.9 Å². The number of benzene rings is 1. The zero-order valence-electron chi connectivity index (χ0n) is 15.8. The van der Waals surface area contributed by atoms with E-state index in [0.29, 0.717) is 5.56 Å². The summed E-state index contributed by atoms with van der Waals surface area (Å²) in [6.45, 7) is 4.53. The number of amides is 1. The van der Waals surface area contributed by atoms with Crippen LogP contribution in [-0.2, 0) is 4.74 Å².